The van der Waals surface area contributed by atoms with Crippen LogP contribution in [0.5, 0.6) is 0 Å². The van der Waals surface area contributed by atoms with Gasteiger partial charge < -0.3 is 0 Å². The zero-order valence-electron chi connectivity index (χ0n) is 27.1. The minimum Gasteiger partial charge on any atom is -0.149 e. The molecule has 4 heteroatoms. The fraction of sp³-hybridized carbons (Fsp3) is 0.765. The maximum Gasteiger partial charge on any atom is 0.00170 e. The van der Waals surface area contributed by atoms with Crippen LogP contribution in [0.4, 0.5) is 0 Å². The van der Waals surface area contributed by atoms with Crippen molar-refractivity contribution in [1.29, 1.82) is 0 Å². The Morgan fingerprint density at radius 1 is 0.711 bits per heavy atom. The van der Waals surface area contributed by atoms with Gasteiger partial charge in [-0.3, -0.25) is 0 Å². The minimum atomic E-state index is -2.09. The zero-order chi connectivity index (χ0) is 29.2. The van der Waals surface area contributed by atoms with E-state index in [1.165, 1.54) is 98.6 Å². The summed E-state index contributed by atoms with van der Waals surface area (Å²) in [6.07, 6.45) is 15.1. The summed E-state index contributed by atoms with van der Waals surface area (Å²) in [5.74, 6) is 1.88. The molecule has 0 bridgehead atoms. The van der Waals surface area contributed by atoms with Gasteiger partial charge in [-0.15, -0.1) is 22.7 Å². The molecule has 0 amide bonds. The Bertz CT molecular complexity index is 670. The molecular weight excluding hydrogens is 627 g/mol. The molecule has 2 heterocycles. The fourth-order valence-corrected chi connectivity index (χ4v) is 19.0. The van der Waals surface area contributed by atoms with E-state index in [1.807, 2.05) is 11.3 Å². The first-order valence-electron chi connectivity index (χ1n) is 15.8. The average Bonchev–Trinajstić information content (AvgIpc) is 3.53. The Morgan fingerprint density at radius 3 is 1.42 bits per heavy atom. The molecule has 2 aromatic heterocycles. The smallest absolute Gasteiger partial charge is 0.00170 e. The number of thiophene rings is 2. The summed E-state index contributed by atoms with van der Waals surface area (Å²) in [4.78, 5) is 4.19. The number of hydrogen-bond acceptors (Lipinski definition) is 2. The number of unbranched alkanes of at least 4 members (excludes halogenated alkanes) is 4. The summed E-state index contributed by atoms with van der Waals surface area (Å²) in [7, 11) is 6.89. The molecule has 0 N–H and O–H groups in total. The van der Waals surface area contributed by atoms with Crippen molar-refractivity contribution in [2.75, 3.05) is 0 Å². The van der Waals surface area contributed by atoms with Gasteiger partial charge in [0.05, 0.1) is 0 Å². The fourth-order valence-electron chi connectivity index (χ4n) is 4.42. The Balaban J connectivity index is 0. The van der Waals surface area contributed by atoms with Crippen LogP contribution in [0.1, 0.15) is 134 Å². The second kappa shape index (κ2) is 27.6. The van der Waals surface area contributed by atoms with Crippen molar-refractivity contribution >= 4 is 48.8 Å². The number of halogens is 1. The molecule has 0 saturated heterocycles. The van der Waals surface area contributed by atoms with E-state index in [2.05, 4.69) is 98.9 Å². The molecule has 0 spiro atoms. The Labute approximate surface area is 256 Å². The van der Waals surface area contributed by atoms with Crippen molar-refractivity contribution in [2.45, 2.75) is 153 Å². The molecular formula is C34H65ClS2Sn. The van der Waals surface area contributed by atoms with E-state index in [0.29, 0.717) is 0 Å². The normalized spacial score (nSPS) is 11.6. The number of rotatable bonds is 15. The maximum absolute atomic E-state index is 6.89. The Morgan fingerprint density at radius 2 is 1.18 bits per heavy atom. The first kappa shape index (κ1) is 40.6. The van der Waals surface area contributed by atoms with Gasteiger partial charge in [0.15, 0.2) is 0 Å². The van der Waals surface area contributed by atoms with Gasteiger partial charge in [0.1, 0.15) is 0 Å². The van der Waals surface area contributed by atoms with Crippen LogP contribution in [0.25, 0.3) is 0 Å². The van der Waals surface area contributed by atoms with Gasteiger partial charge in [-0.25, -0.2) is 0 Å². The van der Waals surface area contributed by atoms with E-state index < -0.39 is 17.3 Å². The molecule has 224 valence electrons. The van der Waals surface area contributed by atoms with Crippen LogP contribution in [0.2, 0.25) is 13.3 Å². The van der Waals surface area contributed by atoms with Gasteiger partial charge in [-0.05, 0) is 62.6 Å². The van der Waals surface area contributed by atoms with Crippen molar-refractivity contribution in [3.63, 3.8) is 0 Å². The number of aryl methyl sites for hydroxylation is 3. The quantitative estimate of drug-likeness (QED) is 0.163. The van der Waals surface area contributed by atoms with Crippen LogP contribution in [0.15, 0.2) is 29.6 Å². The first-order valence-corrected chi connectivity index (χ1v) is 27.2. The van der Waals surface area contributed by atoms with Crippen molar-refractivity contribution in [3.8, 4) is 0 Å². The van der Waals surface area contributed by atoms with E-state index in [4.69, 9.17) is 8.92 Å². The third-order valence-corrected chi connectivity index (χ3v) is 23.0. The topological polar surface area (TPSA) is 0 Å². The molecule has 1 unspecified atom stereocenters. The van der Waals surface area contributed by atoms with Crippen molar-refractivity contribution in [2.24, 2.45) is 11.8 Å². The molecule has 0 fully saturated rings. The second-order valence-corrected chi connectivity index (χ2v) is 30.3. The first-order chi connectivity index (χ1) is 18.1. The van der Waals surface area contributed by atoms with E-state index in [0.717, 1.165) is 11.8 Å². The molecule has 0 aliphatic rings. The van der Waals surface area contributed by atoms with Crippen LogP contribution in [0.3, 0.4) is 0 Å². The summed E-state index contributed by atoms with van der Waals surface area (Å²) in [6, 6.07) is 8.44. The van der Waals surface area contributed by atoms with Crippen molar-refractivity contribution < 1.29 is 0 Å². The van der Waals surface area contributed by atoms with E-state index in [9.17, 15) is 0 Å². The molecule has 0 aliphatic heterocycles. The molecule has 38 heavy (non-hydrogen) atoms. The summed E-state index contributed by atoms with van der Waals surface area (Å²) in [5, 5.41) is 2.08. The number of hydrogen-bond donors (Lipinski definition) is 0. The SMILES string of the molecule is CCCCC(CC)CC(C)C.CCC[CH2][Sn]([Cl])([CH2]CCC)[CH2]CCC.Cc1ccc(C)s1.Cc1cccs1. The van der Waals surface area contributed by atoms with Gasteiger partial charge in [-0.2, -0.15) is 0 Å². The Hall–Kier alpha value is 0.489. The molecule has 1 atom stereocenters. The standard InChI is InChI=1S/C11H24.C6H8S.C5H6S.3C4H9.ClH.Sn/c1-5-7-8-11(6-2)9-10(3)4;1-5-3-4-6(2)7-5;1-5-3-2-4-6-5;3*1-3-4-2;;/h10-11H,5-9H2,1-4H3;3-4H,1-2H3;2-4H,1H3;3*1,3-4H2,2H3;1H;/q;;;;;;;+1/p-1. The predicted octanol–water partition coefficient (Wildman–Crippen LogP) is 14.2. The minimum absolute atomic E-state index is 0.886. The summed E-state index contributed by atoms with van der Waals surface area (Å²) < 4.78 is 4.27. The van der Waals surface area contributed by atoms with Gasteiger partial charge in [0, 0.05) is 14.6 Å². The molecule has 2 rings (SSSR count). The summed E-state index contributed by atoms with van der Waals surface area (Å²) >= 11 is 1.53. The summed E-state index contributed by atoms with van der Waals surface area (Å²) in [6.45, 7) is 22.4. The van der Waals surface area contributed by atoms with E-state index >= 15 is 0 Å². The molecule has 0 aromatic carbocycles. The largest absolute Gasteiger partial charge is 0.149 e. The van der Waals surface area contributed by atoms with Crippen LogP contribution in [0, 0.1) is 32.6 Å². The predicted molar refractivity (Wildman–Crippen MR) is 186 cm³/mol. The molecule has 0 aliphatic carbocycles. The third kappa shape index (κ3) is 26.7. The van der Waals surface area contributed by atoms with Crippen LogP contribution < -0.4 is 0 Å². The van der Waals surface area contributed by atoms with E-state index in [1.54, 1.807) is 11.3 Å². The van der Waals surface area contributed by atoms with Gasteiger partial charge in [0.25, 0.3) is 0 Å². The maximum atomic E-state index is 6.89. The third-order valence-electron chi connectivity index (χ3n) is 6.82. The zero-order valence-corrected chi connectivity index (χ0v) is 32.4. The molecule has 2 aromatic rings. The summed E-state index contributed by atoms with van der Waals surface area (Å²) in [5.41, 5.74) is 0. The van der Waals surface area contributed by atoms with E-state index in [-0.39, 0.29) is 0 Å². The van der Waals surface area contributed by atoms with Gasteiger partial charge >= 0.3 is 98.8 Å². The van der Waals surface area contributed by atoms with Gasteiger partial charge in [0.2, 0.25) is 0 Å². The average molecular weight is 692 g/mol. The monoisotopic (exact) mass is 692 g/mol. The second-order valence-electron chi connectivity index (χ2n) is 11.4. The van der Waals surface area contributed by atoms with Gasteiger partial charge in [-0.1, -0.05) is 59.4 Å². The van der Waals surface area contributed by atoms with Crippen molar-refractivity contribution in [3.05, 3.63) is 44.3 Å². The molecule has 0 nitrogen and oxygen atoms in total. The van der Waals surface area contributed by atoms with Crippen LogP contribution >= 0.6 is 31.6 Å². The van der Waals surface area contributed by atoms with Crippen LogP contribution in [-0.2, 0) is 0 Å². The van der Waals surface area contributed by atoms with Crippen molar-refractivity contribution in [1.82, 2.24) is 0 Å². The Kier molecular flexibility index (Phi) is 29.6. The molecule has 0 saturated carbocycles. The van der Waals surface area contributed by atoms with Crippen LogP contribution in [-0.4, -0.2) is 17.3 Å². The molecule has 0 radical (unpaired) electrons.